The summed E-state index contributed by atoms with van der Waals surface area (Å²) in [6.07, 6.45) is 0.819. The van der Waals surface area contributed by atoms with Crippen LogP contribution in [0.3, 0.4) is 0 Å². The maximum absolute atomic E-state index is 12.3. The molecule has 2 N–H and O–H groups in total. The van der Waals surface area contributed by atoms with Gasteiger partial charge in [0.2, 0.25) is 5.91 Å². The number of hydrogen-bond donors (Lipinski definition) is 2. The fraction of sp³-hybridized carbons (Fsp3) is 0.385. The van der Waals surface area contributed by atoms with Crippen LogP contribution in [0.25, 0.3) is 0 Å². The summed E-state index contributed by atoms with van der Waals surface area (Å²) in [6, 6.07) is 3.94. The molecule has 1 fully saturated rings. The van der Waals surface area contributed by atoms with E-state index in [1.165, 1.54) is 25.3 Å². The second-order valence-electron chi connectivity index (χ2n) is 4.62. The van der Waals surface area contributed by atoms with E-state index in [2.05, 4.69) is 10.6 Å². The molecule has 2 rings (SSSR count). The van der Waals surface area contributed by atoms with Crippen LogP contribution in [0.5, 0.6) is 5.75 Å². The summed E-state index contributed by atoms with van der Waals surface area (Å²) in [5, 5.41) is 16.4. The summed E-state index contributed by atoms with van der Waals surface area (Å²) in [5.74, 6) is -0.509. The van der Waals surface area contributed by atoms with E-state index in [-0.39, 0.29) is 28.9 Å². The molecule has 0 spiro atoms. The van der Waals surface area contributed by atoms with E-state index in [1.807, 2.05) is 0 Å². The minimum absolute atomic E-state index is 0.0660. The quantitative estimate of drug-likeness (QED) is 0.624. The highest BCUT2D eigenvalue weighted by atomic mass is 16.6. The van der Waals surface area contributed by atoms with Crippen LogP contribution < -0.4 is 15.4 Å². The van der Waals surface area contributed by atoms with Gasteiger partial charge >= 0.3 is 0 Å². The Balaban J connectivity index is 2.22. The van der Waals surface area contributed by atoms with Crippen molar-refractivity contribution in [2.24, 2.45) is 0 Å². The van der Waals surface area contributed by atoms with Gasteiger partial charge in [-0.1, -0.05) is 6.07 Å². The number of methoxy groups -OCH3 is 1. The molecule has 1 aromatic carbocycles. The predicted octanol–water partition coefficient (Wildman–Crippen LogP) is 0.612. The van der Waals surface area contributed by atoms with Gasteiger partial charge in [-0.05, 0) is 12.5 Å². The highest BCUT2D eigenvalue weighted by Crippen LogP contribution is 2.28. The second kappa shape index (κ2) is 6.21. The van der Waals surface area contributed by atoms with Crippen LogP contribution >= 0.6 is 0 Å². The van der Waals surface area contributed by atoms with Crippen molar-refractivity contribution in [2.75, 3.05) is 13.7 Å². The molecule has 1 heterocycles. The average Bonchev–Trinajstić information content (AvgIpc) is 2.48. The summed E-state index contributed by atoms with van der Waals surface area (Å²) in [4.78, 5) is 33.8. The third-order valence-corrected chi connectivity index (χ3v) is 3.25. The highest BCUT2D eigenvalue weighted by molar-refractivity contribution is 6.01. The van der Waals surface area contributed by atoms with Crippen molar-refractivity contribution in [1.82, 2.24) is 10.6 Å². The summed E-state index contributed by atoms with van der Waals surface area (Å²) in [5.41, 5.74) is -0.423. The standard InChI is InChI=1S/C13H15N3O5/c1-21-10-4-2-3-9(16(19)20)12(10)13(18)15-8-5-6-11(17)14-7-8/h2-4,8H,5-7H2,1H3,(H,14,17)(H,15,18). The Kier molecular flexibility index (Phi) is 4.36. The Morgan fingerprint density at radius 1 is 1.52 bits per heavy atom. The first-order chi connectivity index (χ1) is 10.0. The highest BCUT2D eigenvalue weighted by Gasteiger charge is 2.27. The van der Waals surface area contributed by atoms with E-state index in [0.717, 1.165) is 0 Å². The maximum atomic E-state index is 12.3. The molecule has 0 aromatic heterocycles. The van der Waals surface area contributed by atoms with E-state index in [4.69, 9.17) is 4.74 Å². The smallest absolute Gasteiger partial charge is 0.285 e. The molecule has 1 aliphatic rings. The van der Waals surface area contributed by atoms with Gasteiger partial charge in [0.25, 0.3) is 11.6 Å². The molecule has 1 aliphatic heterocycles. The van der Waals surface area contributed by atoms with Gasteiger partial charge in [-0.15, -0.1) is 0 Å². The SMILES string of the molecule is COc1cccc([N+](=O)[O-])c1C(=O)NC1CCC(=O)NC1. The number of nitro benzene ring substituents is 1. The van der Waals surface area contributed by atoms with Crippen molar-refractivity contribution >= 4 is 17.5 Å². The number of piperidine rings is 1. The number of benzene rings is 1. The van der Waals surface area contributed by atoms with Crippen molar-refractivity contribution in [2.45, 2.75) is 18.9 Å². The van der Waals surface area contributed by atoms with Crippen LogP contribution in [-0.2, 0) is 4.79 Å². The number of amides is 2. The number of carbonyl (C=O) groups excluding carboxylic acids is 2. The van der Waals surface area contributed by atoms with Gasteiger partial charge in [-0.3, -0.25) is 19.7 Å². The molecule has 1 unspecified atom stereocenters. The van der Waals surface area contributed by atoms with E-state index < -0.39 is 10.8 Å². The summed E-state index contributed by atoms with van der Waals surface area (Å²) in [7, 11) is 1.34. The fourth-order valence-corrected chi connectivity index (χ4v) is 2.18. The van der Waals surface area contributed by atoms with E-state index in [1.54, 1.807) is 0 Å². The normalized spacial score (nSPS) is 17.8. The number of nitrogens with one attached hydrogen (secondary N) is 2. The molecule has 8 heteroatoms. The first-order valence-electron chi connectivity index (χ1n) is 6.42. The minimum Gasteiger partial charge on any atom is -0.496 e. The van der Waals surface area contributed by atoms with E-state index in [9.17, 15) is 19.7 Å². The van der Waals surface area contributed by atoms with Gasteiger partial charge in [0.1, 0.15) is 5.75 Å². The molecule has 0 aliphatic carbocycles. The van der Waals surface area contributed by atoms with Gasteiger partial charge in [0, 0.05) is 25.1 Å². The van der Waals surface area contributed by atoms with Gasteiger partial charge in [-0.2, -0.15) is 0 Å². The van der Waals surface area contributed by atoms with Crippen molar-refractivity contribution in [3.63, 3.8) is 0 Å². The fourth-order valence-electron chi connectivity index (χ4n) is 2.18. The molecular weight excluding hydrogens is 278 g/mol. The van der Waals surface area contributed by atoms with Crippen molar-refractivity contribution < 1.29 is 19.2 Å². The van der Waals surface area contributed by atoms with Crippen LogP contribution in [0.1, 0.15) is 23.2 Å². The van der Waals surface area contributed by atoms with Crippen LogP contribution in [0, 0.1) is 10.1 Å². The molecule has 8 nitrogen and oxygen atoms in total. The van der Waals surface area contributed by atoms with E-state index >= 15 is 0 Å². The number of nitro groups is 1. The largest absolute Gasteiger partial charge is 0.496 e. The zero-order valence-electron chi connectivity index (χ0n) is 11.4. The zero-order valence-corrected chi connectivity index (χ0v) is 11.4. The first-order valence-corrected chi connectivity index (χ1v) is 6.42. The number of hydrogen-bond acceptors (Lipinski definition) is 5. The Morgan fingerprint density at radius 2 is 2.29 bits per heavy atom. The van der Waals surface area contributed by atoms with Gasteiger partial charge in [0.15, 0.2) is 5.56 Å². The molecule has 1 atom stereocenters. The number of nitrogens with zero attached hydrogens (tertiary/aromatic N) is 1. The maximum Gasteiger partial charge on any atom is 0.285 e. The number of carbonyl (C=O) groups is 2. The van der Waals surface area contributed by atoms with Gasteiger partial charge in [-0.25, -0.2) is 0 Å². The molecule has 1 saturated heterocycles. The molecule has 0 radical (unpaired) electrons. The summed E-state index contributed by atoms with van der Waals surface area (Å²) >= 11 is 0. The lowest BCUT2D eigenvalue weighted by atomic mass is 10.1. The van der Waals surface area contributed by atoms with E-state index in [0.29, 0.717) is 19.4 Å². The monoisotopic (exact) mass is 293 g/mol. The molecule has 0 bridgehead atoms. The summed E-state index contributed by atoms with van der Waals surface area (Å²) < 4.78 is 5.03. The lowest BCUT2D eigenvalue weighted by Crippen LogP contribution is -2.47. The molecule has 21 heavy (non-hydrogen) atoms. The average molecular weight is 293 g/mol. The Morgan fingerprint density at radius 3 is 2.86 bits per heavy atom. The lowest BCUT2D eigenvalue weighted by molar-refractivity contribution is -0.385. The van der Waals surface area contributed by atoms with Crippen LogP contribution in [0.4, 0.5) is 5.69 Å². The van der Waals surface area contributed by atoms with Crippen molar-refractivity contribution in [3.05, 3.63) is 33.9 Å². The third-order valence-electron chi connectivity index (χ3n) is 3.25. The molecule has 0 saturated carbocycles. The lowest BCUT2D eigenvalue weighted by Gasteiger charge is -2.23. The first kappa shape index (κ1) is 14.8. The zero-order chi connectivity index (χ0) is 15.4. The van der Waals surface area contributed by atoms with Crippen molar-refractivity contribution in [1.29, 1.82) is 0 Å². The Hall–Kier alpha value is -2.64. The molecule has 2 amide bonds. The van der Waals surface area contributed by atoms with Crippen molar-refractivity contribution in [3.8, 4) is 5.75 Å². The van der Waals surface area contributed by atoms with Crippen LogP contribution in [-0.4, -0.2) is 36.4 Å². The number of rotatable bonds is 4. The minimum atomic E-state index is -0.625. The molecular formula is C13H15N3O5. The molecule has 112 valence electrons. The van der Waals surface area contributed by atoms with Crippen LogP contribution in [0.15, 0.2) is 18.2 Å². The summed E-state index contributed by atoms with van der Waals surface area (Å²) in [6.45, 7) is 0.313. The number of ether oxygens (including phenoxy) is 1. The Labute approximate surface area is 120 Å². The van der Waals surface area contributed by atoms with Gasteiger partial charge < -0.3 is 15.4 Å². The molecule has 1 aromatic rings. The topological polar surface area (TPSA) is 111 Å². The Bertz CT molecular complexity index is 577. The van der Waals surface area contributed by atoms with Crippen LogP contribution in [0.2, 0.25) is 0 Å². The van der Waals surface area contributed by atoms with Gasteiger partial charge in [0.05, 0.1) is 12.0 Å². The second-order valence-corrected chi connectivity index (χ2v) is 4.62. The third kappa shape index (κ3) is 3.28. The predicted molar refractivity (Wildman–Crippen MR) is 73.1 cm³/mol.